The predicted molar refractivity (Wildman–Crippen MR) is 27.1 cm³/mol. The maximum atomic E-state index is 2.92. The van der Waals surface area contributed by atoms with E-state index >= 15 is 0 Å². The van der Waals surface area contributed by atoms with Gasteiger partial charge in [-0.2, -0.15) is 0 Å². The molecule has 0 saturated heterocycles. The van der Waals surface area contributed by atoms with Gasteiger partial charge in [-0.05, 0) is 18.8 Å². The number of rotatable bonds is 0. The van der Waals surface area contributed by atoms with Crippen LogP contribution in [0.2, 0.25) is 0 Å². The molecule has 0 amide bonds. The van der Waals surface area contributed by atoms with E-state index in [0.29, 0.717) is 0 Å². The molecule has 0 spiro atoms. The van der Waals surface area contributed by atoms with Crippen LogP contribution in [0.4, 0.5) is 0 Å². The van der Waals surface area contributed by atoms with Crippen molar-refractivity contribution in [2.45, 2.75) is 6.42 Å². The Morgan fingerprint density at radius 1 is 1.33 bits per heavy atom. The summed E-state index contributed by atoms with van der Waals surface area (Å²) in [5.41, 5.74) is 0. The molecule has 1 aliphatic heterocycles. The maximum Gasteiger partial charge on any atom is 0 e. The van der Waals surface area contributed by atoms with Gasteiger partial charge in [0.25, 0.3) is 0 Å². The van der Waals surface area contributed by atoms with Crippen molar-refractivity contribution in [2.24, 2.45) is 0 Å². The molecule has 6 heavy (non-hydrogen) atoms. The summed E-state index contributed by atoms with van der Waals surface area (Å²) in [7, 11) is 0. The Morgan fingerprint density at radius 3 is 2.17 bits per heavy atom. The summed E-state index contributed by atoms with van der Waals surface area (Å²) in [5.74, 6) is 0. The number of hydrogen-bond donors (Lipinski definition) is 1. The number of allylic oxidation sites excluding steroid dienone is 2. The molecule has 1 heteroatoms. The van der Waals surface area contributed by atoms with Crippen LogP contribution < -0.4 is 5.32 Å². The van der Waals surface area contributed by atoms with E-state index in [1.807, 2.05) is 12.4 Å². The minimum absolute atomic E-state index is 0. The molecular weight excluding hydrogens is 74.1 g/mol. The van der Waals surface area contributed by atoms with Gasteiger partial charge in [-0.25, -0.2) is 0 Å². The van der Waals surface area contributed by atoms with E-state index in [2.05, 4.69) is 17.5 Å². The largest absolute Gasteiger partial charge is 0.368 e. The molecule has 0 fully saturated rings. The minimum Gasteiger partial charge on any atom is -0.368 e. The van der Waals surface area contributed by atoms with Gasteiger partial charge in [0.15, 0.2) is 0 Å². The molecular formula is C5H8N. The molecule has 0 saturated carbocycles. The fourth-order valence-corrected chi connectivity index (χ4v) is 0.406. The van der Waals surface area contributed by atoms with E-state index in [4.69, 9.17) is 0 Å². The third-order valence-corrected chi connectivity index (χ3v) is 0.700. The van der Waals surface area contributed by atoms with Gasteiger partial charge in [0.1, 0.15) is 0 Å². The normalized spacial score (nSPS) is 17.3. The summed E-state index contributed by atoms with van der Waals surface area (Å²) < 4.78 is 0. The zero-order chi connectivity index (χ0) is 4.24. The summed E-state index contributed by atoms with van der Waals surface area (Å²) >= 11 is 0. The van der Waals surface area contributed by atoms with Crippen molar-refractivity contribution in [3.63, 3.8) is 0 Å². The average molecular weight is 82.1 g/mol. The highest BCUT2D eigenvalue weighted by atomic mass is 14.8. The number of nitrogens with one attached hydrogen (secondary N) is 1. The van der Waals surface area contributed by atoms with Crippen LogP contribution in [0.25, 0.3) is 0 Å². The highest BCUT2D eigenvalue weighted by Crippen LogP contribution is 1.86. The Morgan fingerprint density at radius 2 is 2.00 bits per heavy atom. The molecule has 1 radical (unpaired) electrons. The Balaban J connectivity index is 0.000000360. The summed E-state index contributed by atoms with van der Waals surface area (Å²) in [4.78, 5) is 0. The van der Waals surface area contributed by atoms with Crippen LogP contribution >= 0.6 is 0 Å². The van der Waals surface area contributed by atoms with Crippen molar-refractivity contribution in [1.82, 2.24) is 5.32 Å². The fourth-order valence-electron chi connectivity index (χ4n) is 0.406. The molecule has 1 N–H and O–H groups in total. The van der Waals surface area contributed by atoms with E-state index in [1.54, 1.807) is 0 Å². The predicted octanol–water partition coefficient (Wildman–Crippen LogP) is 1.12. The Hall–Kier alpha value is -0.720. The van der Waals surface area contributed by atoms with Gasteiger partial charge in [0.05, 0.1) is 0 Å². The van der Waals surface area contributed by atoms with Gasteiger partial charge in [0, 0.05) is 1.43 Å². The zero-order valence-corrected chi connectivity index (χ0v) is 3.52. The molecule has 0 aromatic heterocycles. The third kappa shape index (κ3) is 0.612. The van der Waals surface area contributed by atoms with Gasteiger partial charge >= 0.3 is 0 Å². The second-order valence-electron chi connectivity index (χ2n) is 1.21. The molecule has 0 atom stereocenters. The van der Waals surface area contributed by atoms with Crippen molar-refractivity contribution in [3.8, 4) is 0 Å². The lowest BCUT2D eigenvalue weighted by atomic mass is 10.4. The molecule has 0 bridgehead atoms. The standard InChI is InChI=1S/C5H7N.H/c1-2-4-6-5-3-1;/h2-6H,1H2;. The van der Waals surface area contributed by atoms with Crippen LogP contribution in [0.3, 0.4) is 0 Å². The van der Waals surface area contributed by atoms with E-state index in [-0.39, 0.29) is 1.43 Å². The summed E-state index contributed by atoms with van der Waals surface area (Å²) in [6.07, 6.45) is 9.08. The van der Waals surface area contributed by atoms with Crippen LogP contribution in [0.5, 0.6) is 0 Å². The van der Waals surface area contributed by atoms with Gasteiger partial charge in [0.2, 0.25) is 0 Å². The lowest BCUT2D eigenvalue weighted by Gasteiger charge is -1.92. The quantitative estimate of drug-likeness (QED) is 0.461. The second kappa shape index (κ2) is 1.65. The summed E-state index contributed by atoms with van der Waals surface area (Å²) in [6.45, 7) is 0. The highest BCUT2D eigenvalue weighted by molar-refractivity contribution is 4.98. The fraction of sp³-hybridized carbons (Fsp3) is 0.200. The van der Waals surface area contributed by atoms with E-state index in [9.17, 15) is 0 Å². The van der Waals surface area contributed by atoms with E-state index < -0.39 is 0 Å². The summed E-state index contributed by atoms with van der Waals surface area (Å²) in [5, 5.41) is 2.92. The molecule has 1 nitrogen and oxygen atoms in total. The van der Waals surface area contributed by atoms with E-state index in [1.165, 1.54) is 0 Å². The average Bonchev–Trinajstić information content (AvgIpc) is 1.72. The lowest BCUT2D eigenvalue weighted by Crippen LogP contribution is -1.93. The second-order valence-corrected chi connectivity index (χ2v) is 1.21. The van der Waals surface area contributed by atoms with Crippen LogP contribution in [0.15, 0.2) is 24.6 Å². The van der Waals surface area contributed by atoms with Crippen molar-refractivity contribution < 1.29 is 1.43 Å². The van der Waals surface area contributed by atoms with Crippen LogP contribution in [-0.4, -0.2) is 0 Å². The first-order valence-corrected chi connectivity index (χ1v) is 2.06. The molecule has 0 aromatic carbocycles. The molecule has 0 aliphatic carbocycles. The number of dihydropyridines is 1. The first kappa shape index (κ1) is 3.47. The van der Waals surface area contributed by atoms with Crippen molar-refractivity contribution in [3.05, 3.63) is 24.6 Å². The topological polar surface area (TPSA) is 12.0 Å². The first-order chi connectivity index (χ1) is 3.00. The monoisotopic (exact) mass is 82.1 g/mol. The van der Waals surface area contributed by atoms with Crippen LogP contribution in [0.1, 0.15) is 7.85 Å². The minimum atomic E-state index is 0. The zero-order valence-electron chi connectivity index (χ0n) is 4.52. The summed E-state index contributed by atoms with van der Waals surface area (Å²) in [6, 6.07) is 0. The van der Waals surface area contributed by atoms with Gasteiger partial charge in [-0.1, -0.05) is 12.2 Å². The number of hydrogen-bond acceptors (Lipinski definition) is 1. The smallest absolute Gasteiger partial charge is 0 e. The van der Waals surface area contributed by atoms with Gasteiger partial charge in [-0.15, -0.1) is 0 Å². The Kier molecular flexibility index (Phi) is 0.955. The van der Waals surface area contributed by atoms with Crippen LogP contribution in [0, 0.1) is 0 Å². The van der Waals surface area contributed by atoms with Gasteiger partial charge < -0.3 is 5.32 Å². The molecule has 0 aromatic rings. The molecule has 1 aliphatic rings. The van der Waals surface area contributed by atoms with E-state index in [0.717, 1.165) is 6.42 Å². The molecule has 1 heterocycles. The highest BCUT2D eigenvalue weighted by Gasteiger charge is 1.73. The molecule has 0 unspecified atom stereocenters. The molecule has 1 rings (SSSR count). The maximum absolute atomic E-state index is 2.92. The Labute approximate surface area is 38.8 Å². The van der Waals surface area contributed by atoms with Crippen molar-refractivity contribution in [2.75, 3.05) is 0 Å². The van der Waals surface area contributed by atoms with Gasteiger partial charge in [-0.3, -0.25) is 0 Å². The Bertz CT molecular complexity index is 66.1. The first-order valence-electron chi connectivity index (χ1n) is 2.06. The van der Waals surface area contributed by atoms with Crippen molar-refractivity contribution >= 4 is 0 Å². The SMILES string of the molecule is C1=CNC=CC1.[H]. The van der Waals surface area contributed by atoms with Crippen LogP contribution in [-0.2, 0) is 0 Å². The third-order valence-electron chi connectivity index (χ3n) is 0.700. The van der Waals surface area contributed by atoms with Crippen molar-refractivity contribution in [1.29, 1.82) is 0 Å². The molecule has 33 valence electrons. The lowest BCUT2D eigenvalue weighted by molar-refractivity contribution is 1.11.